The molecule has 2 aromatic carbocycles. The summed E-state index contributed by atoms with van der Waals surface area (Å²) in [7, 11) is 3.26. The molecule has 0 fully saturated rings. The fourth-order valence-electron chi connectivity index (χ4n) is 2.18. The molecule has 26 heavy (non-hydrogen) atoms. The van der Waals surface area contributed by atoms with Gasteiger partial charge in [0.05, 0.1) is 27.4 Å². The molecule has 0 unspecified atom stereocenters. The van der Waals surface area contributed by atoms with Crippen LogP contribution in [0.2, 0.25) is 0 Å². The van der Waals surface area contributed by atoms with E-state index in [0.717, 1.165) is 29.2 Å². The molecule has 0 saturated heterocycles. The van der Waals surface area contributed by atoms with Crippen molar-refractivity contribution in [3.8, 4) is 17.2 Å². The maximum absolute atomic E-state index is 5.94. The Bertz CT molecular complexity index is 706. The lowest BCUT2D eigenvalue weighted by Gasteiger charge is -2.11. The Labute approximate surface area is 171 Å². The zero-order valence-corrected chi connectivity index (χ0v) is 17.7. The molecule has 0 spiro atoms. The summed E-state index contributed by atoms with van der Waals surface area (Å²) >= 11 is 0. The standard InChI is InChI=1S/C19H25N3O3.HI/c1-4-11-25-17-10-5-14(12-18(17)24-3)13-21-19(20)22-15-6-8-16(23-2)9-7-15;/h5-10,12H,4,11,13H2,1-3H3,(H3,20,21,22);1H. The Hall–Kier alpha value is -2.16. The van der Waals surface area contributed by atoms with Gasteiger partial charge in [0.1, 0.15) is 5.75 Å². The highest BCUT2D eigenvalue weighted by Gasteiger charge is 2.05. The number of guanidine groups is 1. The van der Waals surface area contributed by atoms with Gasteiger partial charge in [0.25, 0.3) is 0 Å². The normalized spacial score (nSPS) is 10.7. The first-order valence-corrected chi connectivity index (χ1v) is 8.17. The number of nitrogens with two attached hydrogens (primary N) is 1. The van der Waals surface area contributed by atoms with E-state index in [1.54, 1.807) is 14.2 Å². The van der Waals surface area contributed by atoms with Gasteiger partial charge in [0, 0.05) is 5.69 Å². The molecule has 2 aromatic rings. The maximum Gasteiger partial charge on any atom is 0.193 e. The number of hydrogen-bond donors (Lipinski definition) is 2. The molecule has 6 nitrogen and oxygen atoms in total. The highest BCUT2D eigenvalue weighted by Crippen LogP contribution is 2.28. The van der Waals surface area contributed by atoms with Gasteiger partial charge in [-0.05, 0) is 48.4 Å². The van der Waals surface area contributed by atoms with Crippen LogP contribution in [-0.4, -0.2) is 26.8 Å². The van der Waals surface area contributed by atoms with E-state index in [-0.39, 0.29) is 24.0 Å². The van der Waals surface area contributed by atoms with Crippen molar-refractivity contribution in [1.82, 2.24) is 0 Å². The van der Waals surface area contributed by atoms with Crippen LogP contribution >= 0.6 is 24.0 Å². The molecule has 0 bridgehead atoms. The molecule has 0 aliphatic heterocycles. The van der Waals surface area contributed by atoms with Gasteiger partial charge in [-0.2, -0.15) is 0 Å². The second-order valence-electron chi connectivity index (χ2n) is 5.39. The van der Waals surface area contributed by atoms with Gasteiger partial charge in [-0.25, -0.2) is 4.99 Å². The Kier molecular flexibility index (Phi) is 9.64. The minimum Gasteiger partial charge on any atom is -0.497 e. The van der Waals surface area contributed by atoms with Gasteiger partial charge in [-0.3, -0.25) is 0 Å². The minimum atomic E-state index is 0. The average Bonchev–Trinajstić information content (AvgIpc) is 2.65. The van der Waals surface area contributed by atoms with Crippen LogP contribution in [0.4, 0.5) is 5.69 Å². The molecule has 3 N–H and O–H groups in total. The lowest BCUT2D eigenvalue weighted by atomic mass is 10.2. The number of benzene rings is 2. The molecular formula is C19H26IN3O3. The Morgan fingerprint density at radius 3 is 2.38 bits per heavy atom. The van der Waals surface area contributed by atoms with E-state index in [4.69, 9.17) is 19.9 Å². The maximum atomic E-state index is 5.94. The number of methoxy groups -OCH3 is 2. The van der Waals surface area contributed by atoms with Crippen molar-refractivity contribution >= 4 is 35.6 Å². The van der Waals surface area contributed by atoms with Crippen LogP contribution in [0, 0.1) is 0 Å². The summed E-state index contributed by atoms with van der Waals surface area (Å²) in [6, 6.07) is 13.2. The van der Waals surface area contributed by atoms with E-state index in [1.807, 2.05) is 42.5 Å². The molecule has 0 aromatic heterocycles. The van der Waals surface area contributed by atoms with Crippen LogP contribution in [-0.2, 0) is 6.54 Å². The van der Waals surface area contributed by atoms with Crippen molar-refractivity contribution in [3.63, 3.8) is 0 Å². The summed E-state index contributed by atoms with van der Waals surface area (Å²) in [6.07, 6.45) is 0.947. The third-order valence-corrected chi connectivity index (χ3v) is 3.48. The fourth-order valence-corrected chi connectivity index (χ4v) is 2.18. The molecule has 0 radical (unpaired) electrons. The summed E-state index contributed by atoms with van der Waals surface area (Å²) in [4.78, 5) is 4.36. The predicted molar refractivity (Wildman–Crippen MR) is 116 cm³/mol. The van der Waals surface area contributed by atoms with E-state index in [0.29, 0.717) is 24.9 Å². The van der Waals surface area contributed by atoms with Crippen LogP contribution in [0.15, 0.2) is 47.5 Å². The zero-order chi connectivity index (χ0) is 18.1. The van der Waals surface area contributed by atoms with Crippen molar-refractivity contribution < 1.29 is 14.2 Å². The van der Waals surface area contributed by atoms with Crippen LogP contribution in [0.25, 0.3) is 0 Å². The first kappa shape index (κ1) is 21.9. The van der Waals surface area contributed by atoms with Gasteiger partial charge < -0.3 is 25.3 Å². The molecule has 0 saturated carbocycles. The van der Waals surface area contributed by atoms with Crippen molar-refractivity contribution in [2.24, 2.45) is 10.7 Å². The van der Waals surface area contributed by atoms with E-state index in [1.165, 1.54) is 0 Å². The quantitative estimate of drug-likeness (QED) is 0.345. The number of ether oxygens (including phenoxy) is 3. The summed E-state index contributed by atoms with van der Waals surface area (Å²) in [6.45, 7) is 3.17. The predicted octanol–water partition coefficient (Wildman–Crippen LogP) is 4.04. The van der Waals surface area contributed by atoms with E-state index < -0.39 is 0 Å². The summed E-state index contributed by atoms with van der Waals surface area (Å²) in [5.74, 6) is 2.57. The van der Waals surface area contributed by atoms with Gasteiger partial charge in [0.2, 0.25) is 0 Å². The lowest BCUT2D eigenvalue weighted by Crippen LogP contribution is -2.22. The van der Waals surface area contributed by atoms with Gasteiger partial charge >= 0.3 is 0 Å². The number of nitrogens with one attached hydrogen (secondary N) is 1. The molecule has 2 rings (SSSR count). The van der Waals surface area contributed by atoms with E-state index in [9.17, 15) is 0 Å². The molecule has 0 aliphatic rings. The molecular weight excluding hydrogens is 445 g/mol. The summed E-state index contributed by atoms with van der Waals surface area (Å²) in [5, 5.41) is 3.05. The Morgan fingerprint density at radius 1 is 1.04 bits per heavy atom. The smallest absolute Gasteiger partial charge is 0.193 e. The fraction of sp³-hybridized carbons (Fsp3) is 0.316. The largest absolute Gasteiger partial charge is 0.497 e. The molecule has 0 heterocycles. The topological polar surface area (TPSA) is 78.1 Å². The number of hydrogen-bond acceptors (Lipinski definition) is 4. The second-order valence-corrected chi connectivity index (χ2v) is 5.39. The van der Waals surface area contributed by atoms with Crippen LogP contribution in [0.1, 0.15) is 18.9 Å². The van der Waals surface area contributed by atoms with Crippen molar-refractivity contribution in [1.29, 1.82) is 0 Å². The lowest BCUT2D eigenvalue weighted by molar-refractivity contribution is 0.294. The SMILES string of the molecule is CCCOc1ccc(CN=C(N)Nc2ccc(OC)cc2)cc1OC.I. The molecule has 142 valence electrons. The van der Waals surface area contributed by atoms with Crippen LogP contribution < -0.4 is 25.3 Å². The van der Waals surface area contributed by atoms with Crippen LogP contribution in [0.3, 0.4) is 0 Å². The summed E-state index contributed by atoms with van der Waals surface area (Å²) < 4.78 is 16.1. The van der Waals surface area contributed by atoms with Gasteiger partial charge in [0.15, 0.2) is 17.5 Å². The average molecular weight is 471 g/mol. The van der Waals surface area contributed by atoms with E-state index >= 15 is 0 Å². The number of halogens is 1. The van der Waals surface area contributed by atoms with E-state index in [2.05, 4.69) is 17.2 Å². The van der Waals surface area contributed by atoms with Gasteiger partial charge in [-0.1, -0.05) is 13.0 Å². The van der Waals surface area contributed by atoms with Crippen molar-refractivity contribution in [3.05, 3.63) is 48.0 Å². The number of anilines is 1. The number of nitrogens with zero attached hydrogens (tertiary/aromatic N) is 1. The monoisotopic (exact) mass is 471 g/mol. The molecule has 0 atom stereocenters. The Balaban J connectivity index is 0.00000338. The minimum absolute atomic E-state index is 0. The first-order chi connectivity index (χ1) is 12.2. The molecule has 0 aliphatic carbocycles. The molecule has 0 amide bonds. The highest BCUT2D eigenvalue weighted by atomic mass is 127. The van der Waals surface area contributed by atoms with Crippen LogP contribution in [0.5, 0.6) is 17.2 Å². The number of rotatable bonds is 8. The second kappa shape index (κ2) is 11.5. The molecule has 7 heteroatoms. The Morgan fingerprint density at radius 2 is 1.77 bits per heavy atom. The third kappa shape index (κ3) is 6.62. The van der Waals surface area contributed by atoms with Gasteiger partial charge in [-0.15, -0.1) is 24.0 Å². The third-order valence-electron chi connectivity index (χ3n) is 3.48. The first-order valence-electron chi connectivity index (χ1n) is 8.17. The van der Waals surface area contributed by atoms with Crippen molar-refractivity contribution in [2.75, 3.05) is 26.1 Å². The number of aliphatic imine (C=N–C) groups is 1. The van der Waals surface area contributed by atoms with Crippen molar-refractivity contribution in [2.45, 2.75) is 19.9 Å². The summed E-state index contributed by atoms with van der Waals surface area (Å²) in [5.41, 5.74) is 7.78. The zero-order valence-electron chi connectivity index (χ0n) is 15.3. The highest BCUT2D eigenvalue weighted by molar-refractivity contribution is 14.0.